The van der Waals surface area contributed by atoms with Crippen molar-refractivity contribution in [3.8, 4) is 0 Å². The van der Waals surface area contributed by atoms with E-state index >= 15 is 0 Å². The van der Waals surface area contributed by atoms with Crippen molar-refractivity contribution in [1.29, 1.82) is 0 Å². The summed E-state index contributed by atoms with van der Waals surface area (Å²) in [7, 11) is 0. The standard InChI is InChI=1S/C8H11FN2O2/c9-5-1-2-7(11-3-5)8(13)6(10)4-12/h1-3,6,8,12-13H,4,10H2/t6-,8?/m0/s1. The van der Waals surface area contributed by atoms with Crippen LogP contribution < -0.4 is 5.73 Å². The lowest BCUT2D eigenvalue weighted by Crippen LogP contribution is -2.32. The van der Waals surface area contributed by atoms with E-state index in [0.717, 1.165) is 6.20 Å². The molecule has 0 amide bonds. The van der Waals surface area contributed by atoms with Gasteiger partial charge in [-0.1, -0.05) is 0 Å². The third-order valence-electron chi connectivity index (χ3n) is 1.67. The van der Waals surface area contributed by atoms with Crippen LogP contribution in [-0.4, -0.2) is 27.8 Å². The molecule has 0 saturated carbocycles. The Bertz CT molecular complexity index is 265. The lowest BCUT2D eigenvalue weighted by molar-refractivity contribution is 0.106. The molecule has 0 radical (unpaired) electrons. The summed E-state index contributed by atoms with van der Waals surface area (Å²) in [5.74, 6) is -0.478. The van der Waals surface area contributed by atoms with Crippen LogP contribution in [0, 0.1) is 5.82 Å². The van der Waals surface area contributed by atoms with E-state index in [-0.39, 0.29) is 12.3 Å². The fraction of sp³-hybridized carbons (Fsp3) is 0.375. The Morgan fingerprint density at radius 2 is 2.23 bits per heavy atom. The molecule has 1 aromatic heterocycles. The second-order valence-electron chi connectivity index (χ2n) is 2.69. The van der Waals surface area contributed by atoms with Crippen LogP contribution >= 0.6 is 0 Å². The SMILES string of the molecule is N[C@@H](CO)C(O)c1ccc(F)cn1. The number of halogens is 1. The van der Waals surface area contributed by atoms with E-state index in [1.54, 1.807) is 0 Å². The maximum absolute atomic E-state index is 12.4. The second kappa shape index (κ2) is 4.27. The van der Waals surface area contributed by atoms with Crippen LogP contribution in [0.25, 0.3) is 0 Å². The van der Waals surface area contributed by atoms with Crippen LogP contribution in [-0.2, 0) is 0 Å². The first-order valence-electron chi connectivity index (χ1n) is 3.81. The van der Waals surface area contributed by atoms with Crippen molar-refractivity contribution in [2.24, 2.45) is 5.73 Å². The maximum atomic E-state index is 12.4. The average Bonchev–Trinajstić information content (AvgIpc) is 2.17. The first-order valence-corrected chi connectivity index (χ1v) is 3.81. The van der Waals surface area contributed by atoms with Crippen molar-refractivity contribution in [2.45, 2.75) is 12.1 Å². The molecule has 13 heavy (non-hydrogen) atoms. The summed E-state index contributed by atoms with van der Waals surface area (Å²) >= 11 is 0. The van der Waals surface area contributed by atoms with E-state index in [1.165, 1.54) is 12.1 Å². The van der Waals surface area contributed by atoms with Crippen LogP contribution in [0.2, 0.25) is 0 Å². The van der Waals surface area contributed by atoms with Gasteiger partial charge in [-0.15, -0.1) is 0 Å². The highest BCUT2D eigenvalue weighted by atomic mass is 19.1. The summed E-state index contributed by atoms with van der Waals surface area (Å²) in [6.07, 6.45) is -0.0755. The van der Waals surface area contributed by atoms with E-state index in [2.05, 4.69) is 4.98 Å². The van der Waals surface area contributed by atoms with Gasteiger partial charge in [-0.3, -0.25) is 4.98 Å². The van der Waals surface area contributed by atoms with Gasteiger partial charge in [-0.2, -0.15) is 0 Å². The van der Waals surface area contributed by atoms with Gasteiger partial charge in [0.25, 0.3) is 0 Å². The van der Waals surface area contributed by atoms with E-state index < -0.39 is 18.0 Å². The topological polar surface area (TPSA) is 79.4 Å². The molecular formula is C8H11FN2O2. The van der Waals surface area contributed by atoms with E-state index in [4.69, 9.17) is 10.8 Å². The zero-order chi connectivity index (χ0) is 9.84. The third kappa shape index (κ3) is 2.45. The Hall–Kier alpha value is -1.04. The Labute approximate surface area is 74.8 Å². The van der Waals surface area contributed by atoms with Gasteiger partial charge in [0.05, 0.1) is 24.5 Å². The number of nitrogens with zero attached hydrogens (tertiary/aromatic N) is 1. The van der Waals surface area contributed by atoms with Crippen LogP contribution in [0.3, 0.4) is 0 Å². The van der Waals surface area contributed by atoms with Crippen molar-refractivity contribution in [2.75, 3.05) is 6.61 Å². The molecule has 0 aliphatic heterocycles. The van der Waals surface area contributed by atoms with Gasteiger partial charge in [0.1, 0.15) is 11.9 Å². The van der Waals surface area contributed by atoms with E-state index in [1.807, 2.05) is 0 Å². The van der Waals surface area contributed by atoms with Crippen LogP contribution in [0.4, 0.5) is 4.39 Å². The molecule has 72 valence electrons. The second-order valence-corrected chi connectivity index (χ2v) is 2.69. The van der Waals surface area contributed by atoms with Gasteiger partial charge in [0, 0.05) is 0 Å². The van der Waals surface area contributed by atoms with Crippen molar-refractivity contribution in [3.63, 3.8) is 0 Å². The molecule has 1 rings (SSSR count). The molecular weight excluding hydrogens is 175 g/mol. The molecule has 1 aromatic rings. The lowest BCUT2D eigenvalue weighted by Gasteiger charge is -2.15. The summed E-state index contributed by atoms with van der Waals surface area (Å²) in [5.41, 5.74) is 5.61. The predicted molar refractivity (Wildman–Crippen MR) is 44.2 cm³/mol. The predicted octanol–water partition coefficient (Wildman–Crippen LogP) is -0.426. The van der Waals surface area contributed by atoms with Crippen LogP contribution in [0.1, 0.15) is 11.8 Å². The van der Waals surface area contributed by atoms with Crippen molar-refractivity contribution in [3.05, 3.63) is 29.8 Å². The maximum Gasteiger partial charge on any atom is 0.141 e. The molecule has 2 atom stereocenters. The number of nitrogens with two attached hydrogens (primary N) is 1. The number of rotatable bonds is 3. The van der Waals surface area contributed by atoms with Gasteiger partial charge < -0.3 is 15.9 Å². The van der Waals surface area contributed by atoms with Crippen LogP contribution in [0.15, 0.2) is 18.3 Å². The number of aromatic nitrogens is 1. The Kier molecular flexibility index (Phi) is 3.30. The first-order chi connectivity index (χ1) is 6.15. The minimum Gasteiger partial charge on any atom is -0.395 e. The monoisotopic (exact) mass is 186 g/mol. The van der Waals surface area contributed by atoms with Gasteiger partial charge in [-0.25, -0.2) is 4.39 Å². The van der Waals surface area contributed by atoms with E-state index in [0.29, 0.717) is 0 Å². The van der Waals surface area contributed by atoms with Gasteiger partial charge in [0.2, 0.25) is 0 Å². The zero-order valence-corrected chi connectivity index (χ0v) is 6.89. The number of aliphatic hydroxyl groups excluding tert-OH is 2. The first kappa shape index (κ1) is 10.0. The lowest BCUT2D eigenvalue weighted by atomic mass is 10.1. The number of pyridine rings is 1. The van der Waals surface area contributed by atoms with Crippen molar-refractivity contribution < 1.29 is 14.6 Å². The fourth-order valence-corrected chi connectivity index (χ4v) is 0.881. The van der Waals surface area contributed by atoms with Crippen LogP contribution in [0.5, 0.6) is 0 Å². The fourth-order valence-electron chi connectivity index (χ4n) is 0.881. The Morgan fingerprint density at radius 3 is 2.69 bits per heavy atom. The molecule has 0 spiro atoms. The summed E-state index contributed by atoms with van der Waals surface area (Å²) in [6.45, 7) is -0.347. The highest BCUT2D eigenvalue weighted by molar-refractivity contribution is 5.09. The molecule has 1 heterocycles. The summed E-state index contributed by atoms with van der Waals surface area (Å²) in [6, 6.07) is 1.71. The quantitative estimate of drug-likeness (QED) is 0.598. The smallest absolute Gasteiger partial charge is 0.141 e. The third-order valence-corrected chi connectivity index (χ3v) is 1.67. The normalized spacial score (nSPS) is 15.4. The zero-order valence-electron chi connectivity index (χ0n) is 6.89. The van der Waals surface area contributed by atoms with E-state index in [9.17, 15) is 9.50 Å². The molecule has 1 unspecified atom stereocenters. The number of hydrogen-bond acceptors (Lipinski definition) is 4. The number of aliphatic hydroxyl groups is 2. The van der Waals surface area contributed by atoms with Gasteiger partial charge in [0.15, 0.2) is 0 Å². The molecule has 0 fully saturated rings. The summed E-state index contributed by atoms with van der Waals surface area (Å²) < 4.78 is 12.4. The highest BCUT2D eigenvalue weighted by Crippen LogP contribution is 2.12. The minimum atomic E-state index is -1.06. The Morgan fingerprint density at radius 1 is 1.54 bits per heavy atom. The van der Waals surface area contributed by atoms with Gasteiger partial charge in [-0.05, 0) is 12.1 Å². The molecule has 0 saturated heterocycles. The molecule has 5 heteroatoms. The average molecular weight is 186 g/mol. The largest absolute Gasteiger partial charge is 0.395 e. The molecule has 0 bridgehead atoms. The molecule has 4 nitrogen and oxygen atoms in total. The molecule has 4 N–H and O–H groups in total. The molecule has 0 aromatic carbocycles. The summed E-state index contributed by atoms with van der Waals surface area (Å²) in [5, 5.41) is 18.0. The number of hydrogen-bond donors (Lipinski definition) is 3. The molecule has 0 aliphatic carbocycles. The van der Waals surface area contributed by atoms with Gasteiger partial charge >= 0.3 is 0 Å². The highest BCUT2D eigenvalue weighted by Gasteiger charge is 2.16. The molecule has 0 aliphatic rings. The minimum absolute atomic E-state index is 0.253. The van der Waals surface area contributed by atoms with Crippen molar-refractivity contribution in [1.82, 2.24) is 4.98 Å². The Balaban J connectivity index is 2.77. The summed E-state index contributed by atoms with van der Waals surface area (Å²) in [4.78, 5) is 3.63. The van der Waals surface area contributed by atoms with Crippen molar-refractivity contribution >= 4 is 0 Å².